The highest BCUT2D eigenvalue weighted by molar-refractivity contribution is 5.96. The van der Waals surface area contributed by atoms with E-state index in [1.165, 1.54) is 0 Å². The third kappa shape index (κ3) is 2.94. The van der Waals surface area contributed by atoms with Crippen LogP contribution in [0.15, 0.2) is 60.7 Å². The maximum absolute atomic E-state index is 12.4. The van der Waals surface area contributed by atoms with Crippen molar-refractivity contribution in [2.24, 2.45) is 5.92 Å². The van der Waals surface area contributed by atoms with E-state index in [-0.39, 0.29) is 18.3 Å². The first-order chi connectivity index (χ1) is 10.2. The van der Waals surface area contributed by atoms with Gasteiger partial charge < -0.3 is 10.1 Å². The summed E-state index contributed by atoms with van der Waals surface area (Å²) in [5, 5.41) is 2.83. The zero-order valence-electron chi connectivity index (χ0n) is 11.4. The fourth-order valence-electron chi connectivity index (χ4n) is 2.49. The number of ether oxygens (including phenoxy) is 1. The van der Waals surface area contributed by atoms with E-state index in [2.05, 4.69) is 5.32 Å². The van der Waals surface area contributed by atoms with E-state index in [4.69, 9.17) is 4.74 Å². The predicted molar refractivity (Wildman–Crippen MR) is 78.5 cm³/mol. The fourth-order valence-corrected chi connectivity index (χ4v) is 2.49. The van der Waals surface area contributed by atoms with Crippen molar-refractivity contribution < 1.29 is 14.3 Å². The molecule has 2 aromatic rings. The van der Waals surface area contributed by atoms with Crippen LogP contribution in [-0.4, -0.2) is 11.9 Å². The van der Waals surface area contributed by atoms with Crippen molar-refractivity contribution in [2.75, 3.05) is 5.32 Å². The Morgan fingerprint density at radius 3 is 2.29 bits per heavy atom. The van der Waals surface area contributed by atoms with Crippen molar-refractivity contribution in [2.45, 2.75) is 12.5 Å². The van der Waals surface area contributed by atoms with Crippen molar-refractivity contribution >= 4 is 17.6 Å². The Hall–Kier alpha value is -2.62. The molecule has 1 heterocycles. The van der Waals surface area contributed by atoms with Crippen LogP contribution in [0.4, 0.5) is 5.69 Å². The van der Waals surface area contributed by atoms with Gasteiger partial charge in [-0.3, -0.25) is 9.59 Å². The molecule has 0 aliphatic carbocycles. The van der Waals surface area contributed by atoms with Crippen LogP contribution >= 0.6 is 0 Å². The lowest BCUT2D eigenvalue weighted by Crippen LogP contribution is -2.25. The molecule has 2 atom stereocenters. The lowest BCUT2D eigenvalue weighted by Gasteiger charge is -2.17. The van der Waals surface area contributed by atoms with Crippen molar-refractivity contribution in [3.05, 3.63) is 66.2 Å². The molecule has 3 rings (SSSR count). The fraction of sp³-hybridized carbons (Fsp3) is 0.176. The minimum Gasteiger partial charge on any atom is -0.457 e. The SMILES string of the molecule is O=C1CC(C(=O)Nc2ccccc2)C(c2ccccc2)O1. The minimum absolute atomic E-state index is 0.109. The average molecular weight is 281 g/mol. The molecule has 0 spiro atoms. The van der Waals surface area contributed by atoms with Gasteiger partial charge in [-0.1, -0.05) is 48.5 Å². The second-order valence-corrected chi connectivity index (χ2v) is 4.99. The third-order valence-electron chi connectivity index (χ3n) is 3.52. The Labute approximate surface area is 122 Å². The molecule has 4 nitrogen and oxygen atoms in total. The molecule has 2 unspecified atom stereocenters. The first kappa shape index (κ1) is 13.4. The van der Waals surface area contributed by atoms with Gasteiger partial charge in [-0.25, -0.2) is 0 Å². The topological polar surface area (TPSA) is 55.4 Å². The van der Waals surface area contributed by atoms with Gasteiger partial charge in [0.05, 0.1) is 12.3 Å². The second-order valence-electron chi connectivity index (χ2n) is 4.99. The summed E-state index contributed by atoms with van der Waals surface area (Å²) in [5.74, 6) is -1.03. The number of hydrogen-bond acceptors (Lipinski definition) is 3. The average Bonchev–Trinajstić information content (AvgIpc) is 2.91. The summed E-state index contributed by atoms with van der Waals surface area (Å²) in [4.78, 5) is 24.0. The number of esters is 1. The molecular weight excluding hydrogens is 266 g/mol. The highest BCUT2D eigenvalue weighted by Gasteiger charge is 2.40. The van der Waals surface area contributed by atoms with Gasteiger partial charge in [0.2, 0.25) is 5.91 Å². The molecular formula is C17H15NO3. The molecule has 1 aliphatic heterocycles. The zero-order valence-corrected chi connectivity index (χ0v) is 11.4. The molecule has 1 amide bonds. The summed E-state index contributed by atoms with van der Waals surface area (Å²) in [5.41, 5.74) is 1.56. The Morgan fingerprint density at radius 2 is 1.62 bits per heavy atom. The standard InChI is InChI=1S/C17H15NO3/c19-15-11-14(16(21-15)12-7-3-1-4-8-12)17(20)18-13-9-5-2-6-10-13/h1-10,14,16H,11H2,(H,18,20). The van der Waals surface area contributed by atoms with E-state index in [9.17, 15) is 9.59 Å². The van der Waals surface area contributed by atoms with Crippen molar-refractivity contribution in [1.29, 1.82) is 0 Å². The van der Waals surface area contributed by atoms with Gasteiger partial charge in [-0.15, -0.1) is 0 Å². The van der Waals surface area contributed by atoms with E-state index in [0.29, 0.717) is 5.69 Å². The Bertz CT molecular complexity index is 640. The molecule has 4 heteroatoms. The summed E-state index contributed by atoms with van der Waals surface area (Å²) in [6.07, 6.45) is -0.402. The highest BCUT2D eigenvalue weighted by atomic mass is 16.6. The first-order valence-electron chi connectivity index (χ1n) is 6.84. The van der Waals surface area contributed by atoms with Crippen molar-refractivity contribution in [3.8, 4) is 0 Å². The number of benzene rings is 2. The van der Waals surface area contributed by atoms with Crippen LogP contribution in [0.2, 0.25) is 0 Å². The lowest BCUT2D eigenvalue weighted by molar-refractivity contribution is -0.141. The molecule has 1 fully saturated rings. The summed E-state index contributed by atoms with van der Waals surface area (Å²) < 4.78 is 5.32. The van der Waals surface area contributed by atoms with Crippen LogP contribution < -0.4 is 5.32 Å². The molecule has 1 N–H and O–H groups in total. The quantitative estimate of drug-likeness (QED) is 0.880. The van der Waals surface area contributed by atoms with Gasteiger partial charge in [0, 0.05) is 5.69 Å². The van der Waals surface area contributed by atoms with Gasteiger partial charge in [-0.05, 0) is 17.7 Å². The number of carbonyl (C=O) groups excluding carboxylic acids is 2. The summed E-state index contributed by atoms with van der Waals surface area (Å²) >= 11 is 0. The highest BCUT2D eigenvalue weighted by Crippen LogP contribution is 2.35. The predicted octanol–water partition coefficient (Wildman–Crippen LogP) is 2.93. The second kappa shape index (κ2) is 5.79. The Balaban J connectivity index is 1.79. The van der Waals surface area contributed by atoms with Crippen LogP contribution in [-0.2, 0) is 14.3 Å². The van der Waals surface area contributed by atoms with Gasteiger partial charge in [0.1, 0.15) is 6.10 Å². The van der Waals surface area contributed by atoms with Crippen LogP contribution in [0.3, 0.4) is 0 Å². The van der Waals surface area contributed by atoms with Crippen LogP contribution in [0.5, 0.6) is 0 Å². The lowest BCUT2D eigenvalue weighted by atomic mass is 9.94. The van der Waals surface area contributed by atoms with Gasteiger partial charge in [-0.2, -0.15) is 0 Å². The number of anilines is 1. The number of para-hydroxylation sites is 1. The van der Waals surface area contributed by atoms with E-state index < -0.39 is 12.0 Å². The molecule has 1 aliphatic rings. The van der Waals surface area contributed by atoms with E-state index in [1.807, 2.05) is 60.7 Å². The molecule has 21 heavy (non-hydrogen) atoms. The monoisotopic (exact) mass is 281 g/mol. The van der Waals surface area contributed by atoms with Crippen molar-refractivity contribution in [3.63, 3.8) is 0 Å². The Kier molecular flexibility index (Phi) is 3.69. The summed E-state index contributed by atoms with van der Waals surface area (Å²) in [7, 11) is 0. The molecule has 0 radical (unpaired) electrons. The molecule has 0 aromatic heterocycles. The maximum atomic E-state index is 12.4. The third-order valence-corrected chi connectivity index (χ3v) is 3.52. The number of rotatable bonds is 3. The molecule has 0 bridgehead atoms. The molecule has 106 valence electrons. The van der Waals surface area contributed by atoms with E-state index >= 15 is 0 Å². The van der Waals surface area contributed by atoms with Gasteiger partial charge in [0.15, 0.2) is 0 Å². The summed E-state index contributed by atoms with van der Waals surface area (Å²) in [6.45, 7) is 0. The van der Waals surface area contributed by atoms with Crippen LogP contribution in [0.25, 0.3) is 0 Å². The van der Waals surface area contributed by atoms with Crippen LogP contribution in [0.1, 0.15) is 18.1 Å². The number of carbonyl (C=O) groups is 2. The van der Waals surface area contributed by atoms with E-state index in [1.54, 1.807) is 0 Å². The maximum Gasteiger partial charge on any atom is 0.307 e. The Morgan fingerprint density at radius 1 is 1.00 bits per heavy atom. The summed E-state index contributed by atoms with van der Waals surface area (Å²) in [6, 6.07) is 18.6. The molecule has 0 saturated carbocycles. The van der Waals surface area contributed by atoms with E-state index in [0.717, 1.165) is 5.56 Å². The normalized spacial score (nSPS) is 20.9. The van der Waals surface area contributed by atoms with Crippen LogP contribution in [0, 0.1) is 5.92 Å². The zero-order chi connectivity index (χ0) is 14.7. The smallest absolute Gasteiger partial charge is 0.307 e. The van der Waals surface area contributed by atoms with Crippen molar-refractivity contribution in [1.82, 2.24) is 0 Å². The number of amides is 1. The molecule has 1 saturated heterocycles. The number of nitrogens with one attached hydrogen (secondary N) is 1. The molecule has 2 aromatic carbocycles. The number of hydrogen-bond donors (Lipinski definition) is 1. The van der Waals surface area contributed by atoms with Gasteiger partial charge >= 0.3 is 5.97 Å². The largest absolute Gasteiger partial charge is 0.457 e. The minimum atomic E-state index is -0.512. The number of cyclic esters (lactones) is 1. The van der Waals surface area contributed by atoms with Gasteiger partial charge in [0.25, 0.3) is 0 Å². The first-order valence-corrected chi connectivity index (χ1v) is 6.84.